The van der Waals surface area contributed by atoms with Crippen molar-refractivity contribution in [3.05, 3.63) is 35.4 Å². The van der Waals surface area contributed by atoms with Crippen molar-refractivity contribution in [3.8, 4) is 0 Å². The Kier molecular flexibility index (Phi) is 3.11. The van der Waals surface area contributed by atoms with Gasteiger partial charge in [0.2, 0.25) is 0 Å². The van der Waals surface area contributed by atoms with Crippen LogP contribution in [0.3, 0.4) is 0 Å². The molecule has 1 nitrogen and oxygen atoms in total. The predicted molar refractivity (Wildman–Crippen MR) is 64.9 cm³/mol. The number of nitrogens with one attached hydrogen (secondary N) is 1. The van der Waals surface area contributed by atoms with Crippen LogP contribution in [0.15, 0.2) is 24.3 Å². The lowest BCUT2D eigenvalue weighted by Gasteiger charge is -2.20. The van der Waals surface area contributed by atoms with Gasteiger partial charge in [0.25, 0.3) is 0 Å². The Labute approximate surface area is 92.9 Å². The Hall–Kier alpha value is -0.820. The molecule has 15 heavy (non-hydrogen) atoms. The van der Waals surface area contributed by atoms with E-state index in [-0.39, 0.29) is 0 Å². The molecular weight excluding hydrogens is 182 g/mol. The second-order valence-electron chi connectivity index (χ2n) is 4.93. The van der Waals surface area contributed by atoms with Crippen LogP contribution in [-0.2, 0) is 0 Å². The summed E-state index contributed by atoms with van der Waals surface area (Å²) in [7, 11) is 0. The molecule has 0 saturated heterocycles. The van der Waals surface area contributed by atoms with Crippen molar-refractivity contribution in [1.29, 1.82) is 0 Å². The van der Waals surface area contributed by atoms with Gasteiger partial charge in [-0.05, 0) is 45.1 Å². The van der Waals surface area contributed by atoms with Crippen molar-refractivity contribution < 1.29 is 0 Å². The van der Waals surface area contributed by atoms with Crippen LogP contribution in [0.25, 0.3) is 0 Å². The largest absolute Gasteiger partial charge is 0.307 e. The summed E-state index contributed by atoms with van der Waals surface area (Å²) >= 11 is 0. The zero-order chi connectivity index (χ0) is 10.8. The molecule has 82 valence electrons. The molecule has 0 radical (unpaired) electrons. The van der Waals surface area contributed by atoms with E-state index >= 15 is 0 Å². The summed E-state index contributed by atoms with van der Waals surface area (Å²) in [4.78, 5) is 0. The number of hydrogen-bond donors (Lipinski definition) is 1. The second-order valence-corrected chi connectivity index (χ2v) is 4.93. The molecule has 2 atom stereocenters. The molecule has 1 aromatic rings. The van der Waals surface area contributed by atoms with E-state index in [2.05, 4.69) is 50.4 Å². The molecule has 1 aliphatic rings. The van der Waals surface area contributed by atoms with Crippen LogP contribution in [0.4, 0.5) is 0 Å². The Bertz CT molecular complexity index is 328. The average molecular weight is 203 g/mol. The quantitative estimate of drug-likeness (QED) is 0.790. The third-order valence-electron chi connectivity index (χ3n) is 3.38. The zero-order valence-corrected chi connectivity index (χ0v) is 9.96. The van der Waals surface area contributed by atoms with Gasteiger partial charge in [0.05, 0.1) is 0 Å². The lowest BCUT2D eigenvalue weighted by atomic mass is 10.0. The summed E-state index contributed by atoms with van der Waals surface area (Å²) in [6.07, 6.45) is 2.82. The second kappa shape index (κ2) is 4.36. The van der Waals surface area contributed by atoms with Crippen molar-refractivity contribution in [3.63, 3.8) is 0 Å². The van der Waals surface area contributed by atoms with Gasteiger partial charge in [0.15, 0.2) is 0 Å². The maximum Gasteiger partial charge on any atom is 0.0294 e. The first kappa shape index (κ1) is 10.7. The fraction of sp³-hybridized carbons (Fsp3) is 0.571. The molecule has 0 bridgehead atoms. The molecule has 0 amide bonds. The molecule has 2 rings (SSSR count). The first-order chi connectivity index (χ1) is 7.16. The first-order valence-electron chi connectivity index (χ1n) is 5.99. The summed E-state index contributed by atoms with van der Waals surface area (Å²) in [6, 6.07) is 9.92. The van der Waals surface area contributed by atoms with E-state index in [0.29, 0.717) is 12.1 Å². The number of hydrogen-bond acceptors (Lipinski definition) is 1. The van der Waals surface area contributed by atoms with Crippen molar-refractivity contribution in [2.75, 3.05) is 0 Å². The van der Waals surface area contributed by atoms with Crippen LogP contribution in [0, 0.1) is 12.8 Å². The fourth-order valence-corrected chi connectivity index (χ4v) is 2.16. The molecule has 1 saturated carbocycles. The molecule has 0 aliphatic heterocycles. The van der Waals surface area contributed by atoms with Crippen LogP contribution in [0.2, 0.25) is 0 Å². The molecule has 0 spiro atoms. The minimum absolute atomic E-state index is 0.473. The summed E-state index contributed by atoms with van der Waals surface area (Å²) in [5, 5.41) is 3.69. The third-order valence-corrected chi connectivity index (χ3v) is 3.38. The molecule has 1 aromatic carbocycles. The van der Waals surface area contributed by atoms with Crippen LogP contribution in [0.1, 0.15) is 43.9 Å². The standard InChI is InChI=1S/C14H21N/c1-10-5-4-6-14(9-10)12(3)15-11(2)13-7-8-13/h4-6,9,11-13,15H,7-8H2,1-3H3/t11?,12-/m0/s1. The van der Waals surface area contributed by atoms with Crippen LogP contribution >= 0.6 is 0 Å². The number of benzene rings is 1. The maximum atomic E-state index is 3.69. The van der Waals surface area contributed by atoms with Crippen LogP contribution < -0.4 is 5.32 Å². The van der Waals surface area contributed by atoms with Gasteiger partial charge in [-0.3, -0.25) is 0 Å². The Balaban J connectivity index is 1.97. The van der Waals surface area contributed by atoms with E-state index in [1.807, 2.05) is 0 Å². The predicted octanol–water partition coefficient (Wildman–Crippen LogP) is 3.44. The van der Waals surface area contributed by atoms with E-state index < -0.39 is 0 Å². The Morgan fingerprint density at radius 1 is 1.27 bits per heavy atom. The maximum absolute atomic E-state index is 3.69. The highest BCUT2D eigenvalue weighted by Gasteiger charge is 2.28. The topological polar surface area (TPSA) is 12.0 Å². The average Bonchev–Trinajstić information content (AvgIpc) is 3.00. The Morgan fingerprint density at radius 2 is 2.00 bits per heavy atom. The van der Waals surface area contributed by atoms with Gasteiger partial charge < -0.3 is 5.32 Å². The van der Waals surface area contributed by atoms with Crippen LogP contribution in [-0.4, -0.2) is 6.04 Å². The minimum Gasteiger partial charge on any atom is -0.307 e. The summed E-state index contributed by atoms with van der Waals surface area (Å²) in [6.45, 7) is 6.72. The first-order valence-corrected chi connectivity index (χ1v) is 5.99. The smallest absolute Gasteiger partial charge is 0.0294 e. The highest BCUT2D eigenvalue weighted by Crippen LogP contribution is 2.33. The molecule has 1 heteroatoms. The van der Waals surface area contributed by atoms with E-state index in [1.165, 1.54) is 24.0 Å². The summed E-state index contributed by atoms with van der Waals surface area (Å²) in [5.74, 6) is 0.928. The van der Waals surface area contributed by atoms with E-state index in [1.54, 1.807) is 0 Å². The SMILES string of the molecule is Cc1cccc([C@H](C)NC(C)C2CC2)c1. The van der Waals surface area contributed by atoms with Crippen molar-refractivity contribution in [1.82, 2.24) is 5.32 Å². The monoisotopic (exact) mass is 203 g/mol. The molecule has 0 aromatic heterocycles. The van der Waals surface area contributed by atoms with E-state index in [9.17, 15) is 0 Å². The molecule has 1 fully saturated rings. The van der Waals surface area contributed by atoms with Gasteiger partial charge in [-0.1, -0.05) is 29.8 Å². The fourth-order valence-electron chi connectivity index (χ4n) is 2.16. The van der Waals surface area contributed by atoms with Crippen molar-refractivity contribution >= 4 is 0 Å². The van der Waals surface area contributed by atoms with Gasteiger partial charge in [-0.25, -0.2) is 0 Å². The van der Waals surface area contributed by atoms with Gasteiger partial charge in [0, 0.05) is 12.1 Å². The third kappa shape index (κ3) is 2.82. The number of aryl methyl sites for hydroxylation is 1. The summed E-state index contributed by atoms with van der Waals surface area (Å²) < 4.78 is 0. The highest BCUT2D eigenvalue weighted by atomic mass is 15.0. The molecule has 1 aliphatic carbocycles. The van der Waals surface area contributed by atoms with Crippen molar-refractivity contribution in [2.45, 2.75) is 45.7 Å². The number of rotatable bonds is 4. The van der Waals surface area contributed by atoms with E-state index in [0.717, 1.165) is 5.92 Å². The molecular formula is C14H21N. The lowest BCUT2D eigenvalue weighted by Crippen LogP contribution is -2.30. The molecule has 1 N–H and O–H groups in total. The van der Waals surface area contributed by atoms with Gasteiger partial charge in [-0.15, -0.1) is 0 Å². The molecule has 1 unspecified atom stereocenters. The van der Waals surface area contributed by atoms with E-state index in [4.69, 9.17) is 0 Å². The highest BCUT2D eigenvalue weighted by molar-refractivity contribution is 5.24. The lowest BCUT2D eigenvalue weighted by molar-refractivity contribution is 0.441. The van der Waals surface area contributed by atoms with Crippen molar-refractivity contribution in [2.24, 2.45) is 5.92 Å². The van der Waals surface area contributed by atoms with Gasteiger partial charge in [-0.2, -0.15) is 0 Å². The molecule has 0 heterocycles. The Morgan fingerprint density at radius 3 is 2.60 bits per heavy atom. The summed E-state index contributed by atoms with van der Waals surface area (Å²) in [5.41, 5.74) is 2.75. The van der Waals surface area contributed by atoms with Crippen LogP contribution in [0.5, 0.6) is 0 Å². The van der Waals surface area contributed by atoms with Gasteiger partial charge >= 0.3 is 0 Å². The minimum atomic E-state index is 0.473. The zero-order valence-electron chi connectivity index (χ0n) is 9.96. The van der Waals surface area contributed by atoms with Gasteiger partial charge in [0.1, 0.15) is 0 Å². The normalized spacial score (nSPS) is 19.9.